The average molecular weight is 453 g/mol. The fourth-order valence-corrected chi connectivity index (χ4v) is 3.81. The standard InChI is InChI=1S/C24H16FN7O2/c1-14-17(13-34-30-14)24(33)27-19-12-32-21(26-19)10-9-18(29-32)23-22(15-5-7-16(25)8-6-15)28-20-4-2-3-11-31(20)23/h2-13H,1H3,(H,27,33). The van der Waals surface area contributed by atoms with E-state index in [4.69, 9.17) is 14.6 Å². The van der Waals surface area contributed by atoms with Crippen molar-refractivity contribution in [2.24, 2.45) is 0 Å². The maximum absolute atomic E-state index is 13.5. The van der Waals surface area contributed by atoms with E-state index >= 15 is 0 Å². The van der Waals surface area contributed by atoms with Gasteiger partial charge in [0.2, 0.25) is 0 Å². The number of pyridine rings is 1. The van der Waals surface area contributed by atoms with Gasteiger partial charge in [0, 0.05) is 11.8 Å². The number of rotatable bonds is 4. The van der Waals surface area contributed by atoms with Crippen LogP contribution in [0, 0.1) is 12.7 Å². The molecule has 6 aromatic rings. The number of carbonyl (C=O) groups excluding carboxylic acids is 1. The molecule has 0 aliphatic rings. The zero-order chi connectivity index (χ0) is 23.2. The van der Waals surface area contributed by atoms with Crippen molar-refractivity contribution in [1.29, 1.82) is 0 Å². The Morgan fingerprint density at radius 3 is 2.68 bits per heavy atom. The van der Waals surface area contributed by atoms with E-state index in [0.717, 1.165) is 16.9 Å². The molecule has 9 nitrogen and oxygen atoms in total. The second kappa shape index (κ2) is 7.62. The van der Waals surface area contributed by atoms with Crippen molar-refractivity contribution in [3.05, 3.63) is 90.3 Å². The highest BCUT2D eigenvalue weighted by atomic mass is 19.1. The summed E-state index contributed by atoms with van der Waals surface area (Å²) >= 11 is 0. The number of nitrogens with zero attached hydrogens (tertiary/aromatic N) is 6. The SMILES string of the molecule is Cc1nocc1C(=O)Nc1cn2nc(-c3c(-c4ccc(F)cc4)nc4ccccn34)ccc2n1. The number of aryl methyl sites for hydroxylation is 1. The minimum atomic E-state index is -0.372. The van der Waals surface area contributed by atoms with E-state index in [2.05, 4.69) is 15.5 Å². The maximum atomic E-state index is 13.5. The fraction of sp³-hybridized carbons (Fsp3) is 0.0417. The monoisotopic (exact) mass is 453 g/mol. The third-order valence-corrected chi connectivity index (χ3v) is 5.45. The highest BCUT2D eigenvalue weighted by molar-refractivity contribution is 6.04. The summed E-state index contributed by atoms with van der Waals surface area (Å²) in [4.78, 5) is 21.7. The van der Waals surface area contributed by atoms with Crippen molar-refractivity contribution in [2.75, 3.05) is 5.32 Å². The molecule has 1 amide bonds. The molecule has 0 atom stereocenters. The third-order valence-electron chi connectivity index (χ3n) is 5.45. The summed E-state index contributed by atoms with van der Waals surface area (Å²) in [6.45, 7) is 1.69. The number of halogens is 1. The molecular formula is C24H16FN7O2. The van der Waals surface area contributed by atoms with Crippen LogP contribution in [0.1, 0.15) is 16.1 Å². The number of nitrogens with one attached hydrogen (secondary N) is 1. The molecule has 0 saturated carbocycles. The average Bonchev–Trinajstić information content (AvgIpc) is 3.54. The van der Waals surface area contributed by atoms with Crippen LogP contribution in [0.15, 0.2) is 77.8 Å². The highest BCUT2D eigenvalue weighted by Gasteiger charge is 2.19. The van der Waals surface area contributed by atoms with E-state index in [1.54, 1.807) is 35.8 Å². The predicted octanol–water partition coefficient (Wildman–Crippen LogP) is 4.40. The summed E-state index contributed by atoms with van der Waals surface area (Å²) in [6, 6.07) is 15.5. The van der Waals surface area contributed by atoms with Gasteiger partial charge < -0.3 is 9.84 Å². The number of carbonyl (C=O) groups is 1. The predicted molar refractivity (Wildman–Crippen MR) is 122 cm³/mol. The van der Waals surface area contributed by atoms with Crippen molar-refractivity contribution in [3.63, 3.8) is 0 Å². The normalized spacial score (nSPS) is 11.4. The number of amides is 1. The molecule has 166 valence electrons. The molecule has 34 heavy (non-hydrogen) atoms. The second-order valence-electron chi connectivity index (χ2n) is 7.66. The molecule has 0 aliphatic carbocycles. The number of hydrogen-bond donors (Lipinski definition) is 1. The van der Waals surface area contributed by atoms with Gasteiger partial charge in [-0.15, -0.1) is 0 Å². The molecule has 0 bridgehead atoms. The largest absolute Gasteiger partial charge is 0.364 e. The summed E-state index contributed by atoms with van der Waals surface area (Å²) in [7, 11) is 0. The van der Waals surface area contributed by atoms with Gasteiger partial charge in [-0.3, -0.25) is 9.20 Å². The summed E-state index contributed by atoms with van der Waals surface area (Å²) < 4.78 is 21.9. The van der Waals surface area contributed by atoms with Gasteiger partial charge >= 0.3 is 0 Å². The Balaban J connectivity index is 1.44. The van der Waals surface area contributed by atoms with Crippen LogP contribution >= 0.6 is 0 Å². The van der Waals surface area contributed by atoms with Crippen molar-refractivity contribution in [3.8, 4) is 22.6 Å². The Morgan fingerprint density at radius 1 is 1.03 bits per heavy atom. The molecule has 5 heterocycles. The fourth-order valence-electron chi connectivity index (χ4n) is 3.81. The van der Waals surface area contributed by atoms with Crippen LogP contribution in [0.25, 0.3) is 33.9 Å². The number of hydrogen-bond acceptors (Lipinski definition) is 6. The summed E-state index contributed by atoms with van der Waals surface area (Å²) in [5.74, 6) is -0.349. The molecule has 6 rings (SSSR count). The summed E-state index contributed by atoms with van der Waals surface area (Å²) in [5.41, 5.74) is 4.95. The molecule has 0 spiro atoms. The van der Waals surface area contributed by atoms with Crippen molar-refractivity contribution in [2.45, 2.75) is 6.92 Å². The van der Waals surface area contributed by atoms with Crippen LogP contribution in [0.3, 0.4) is 0 Å². The van der Waals surface area contributed by atoms with E-state index in [0.29, 0.717) is 34.1 Å². The van der Waals surface area contributed by atoms with Crippen LogP contribution in [-0.4, -0.2) is 35.0 Å². The van der Waals surface area contributed by atoms with Gasteiger partial charge in [0.05, 0.1) is 17.6 Å². The van der Waals surface area contributed by atoms with Gasteiger partial charge in [-0.1, -0.05) is 11.2 Å². The van der Waals surface area contributed by atoms with Crippen LogP contribution in [0.5, 0.6) is 0 Å². The topological polar surface area (TPSA) is 103 Å². The summed E-state index contributed by atoms with van der Waals surface area (Å²) in [5, 5.41) is 11.2. The third kappa shape index (κ3) is 3.28. The van der Waals surface area contributed by atoms with E-state index in [1.165, 1.54) is 18.4 Å². The Bertz CT molecular complexity index is 1680. The molecule has 10 heteroatoms. The zero-order valence-electron chi connectivity index (χ0n) is 17.8. The van der Waals surface area contributed by atoms with Gasteiger partial charge in [0.1, 0.15) is 34.7 Å². The Labute approximate surface area is 191 Å². The number of imidazole rings is 2. The molecule has 0 fully saturated rings. The van der Waals surface area contributed by atoms with Crippen LogP contribution in [0.4, 0.5) is 10.2 Å². The molecule has 0 saturated heterocycles. The molecule has 0 aliphatic heterocycles. The smallest absolute Gasteiger partial charge is 0.262 e. The number of fused-ring (bicyclic) bond motifs is 2. The van der Waals surface area contributed by atoms with Gasteiger partial charge in [0.25, 0.3) is 5.91 Å². The van der Waals surface area contributed by atoms with E-state index in [-0.39, 0.29) is 11.7 Å². The molecule has 1 aromatic carbocycles. The summed E-state index contributed by atoms with van der Waals surface area (Å²) in [6.07, 6.45) is 4.82. The van der Waals surface area contributed by atoms with Gasteiger partial charge in [0.15, 0.2) is 11.5 Å². The molecule has 0 unspecified atom stereocenters. The second-order valence-corrected chi connectivity index (χ2v) is 7.66. The quantitative estimate of drug-likeness (QED) is 0.425. The Hall–Kier alpha value is -4.86. The lowest BCUT2D eigenvalue weighted by molar-refractivity contribution is 0.102. The lowest BCUT2D eigenvalue weighted by Crippen LogP contribution is -2.12. The van der Waals surface area contributed by atoms with E-state index < -0.39 is 0 Å². The van der Waals surface area contributed by atoms with Crippen molar-refractivity contribution in [1.82, 2.24) is 29.1 Å². The maximum Gasteiger partial charge on any atom is 0.262 e. The molecule has 0 radical (unpaired) electrons. The minimum Gasteiger partial charge on any atom is -0.364 e. The Morgan fingerprint density at radius 2 is 1.88 bits per heavy atom. The lowest BCUT2D eigenvalue weighted by Gasteiger charge is -2.05. The highest BCUT2D eigenvalue weighted by Crippen LogP contribution is 2.32. The first kappa shape index (κ1) is 19.8. The zero-order valence-corrected chi connectivity index (χ0v) is 17.8. The molecule has 5 aromatic heterocycles. The first-order chi connectivity index (χ1) is 16.6. The van der Waals surface area contributed by atoms with Crippen LogP contribution < -0.4 is 5.32 Å². The van der Waals surface area contributed by atoms with Gasteiger partial charge in [-0.25, -0.2) is 18.9 Å². The minimum absolute atomic E-state index is 0.317. The van der Waals surface area contributed by atoms with Crippen LogP contribution in [0.2, 0.25) is 0 Å². The first-order valence-electron chi connectivity index (χ1n) is 10.4. The number of aromatic nitrogens is 6. The van der Waals surface area contributed by atoms with Gasteiger partial charge in [-0.2, -0.15) is 5.10 Å². The molecule has 1 N–H and O–H groups in total. The number of anilines is 1. The van der Waals surface area contributed by atoms with E-state index in [1.807, 2.05) is 34.9 Å². The van der Waals surface area contributed by atoms with Crippen molar-refractivity contribution >= 4 is 23.0 Å². The molecular weight excluding hydrogens is 437 g/mol. The Kier molecular flexibility index (Phi) is 4.44. The van der Waals surface area contributed by atoms with E-state index in [9.17, 15) is 9.18 Å². The first-order valence-corrected chi connectivity index (χ1v) is 10.4. The van der Waals surface area contributed by atoms with Gasteiger partial charge in [-0.05, 0) is 55.5 Å². The number of benzene rings is 1. The van der Waals surface area contributed by atoms with Crippen LogP contribution in [-0.2, 0) is 0 Å². The lowest BCUT2D eigenvalue weighted by atomic mass is 10.1. The van der Waals surface area contributed by atoms with Crippen molar-refractivity contribution < 1.29 is 13.7 Å².